The van der Waals surface area contributed by atoms with Gasteiger partial charge in [0.2, 0.25) is 0 Å². The largest absolute Gasteiger partial charge is 0.486 e. The van der Waals surface area contributed by atoms with Crippen LogP contribution in [-0.4, -0.2) is 74.3 Å². The smallest absolute Gasteiger partial charge is 0.252 e. The third-order valence-corrected chi connectivity index (χ3v) is 6.82. The van der Waals surface area contributed by atoms with Gasteiger partial charge in [-0.15, -0.1) is 5.10 Å². The first kappa shape index (κ1) is 24.7. The summed E-state index contributed by atoms with van der Waals surface area (Å²) in [6, 6.07) is 5.54. The summed E-state index contributed by atoms with van der Waals surface area (Å²) in [7, 11) is 0. The molecule has 3 aromatic rings. The van der Waals surface area contributed by atoms with E-state index in [-0.39, 0.29) is 24.3 Å². The predicted molar refractivity (Wildman–Crippen MR) is 132 cm³/mol. The van der Waals surface area contributed by atoms with E-state index in [0.29, 0.717) is 61.8 Å². The minimum atomic E-state index is -0.151. The molecule has 36 heavy (non-hydrogen) atoms. The molecule has 2 aromatic heterocycles. The van der Waals surface area contributed by atoms with E-state index in [1.165, 1.54) is 0 Å². The van der Waals surface area contributed by atoms with Crippen LogP contribution in [0.2, 0.25) is 0 Å². The van der Waals surface area contributed by atoms with Crippen LogP contribution in [0.5, 0.6) is 11.5 Å². The Hall–Kier alpha value is -3.02. The molecule has 0 amide bonds. The van der Waals surface area contributed by atoms with Gasteiger partial charge in [-0.2, -0.15) is 0 Å². The van der Waals surface area contributed by atoms with Crippen molar-refractivity contribution in [3.8, 4) is 11.5 Å². The zero-order chi connectivity index (χ0) is 24.9. The Labute approximate surface area is 209 Å². The van der Waals surface area contributed by atoms with Gasteiger partial charge in [0.25, 0.3) is 5.56 Å². The Morgan fingerprint density at radius 3 is 2.81 bits per heavy atom. The second-order valence-corrected chi connectivity index (χ2v) is 9.41. The van der Waals surface area contributed by atoms with E-state index in [2.05, 4.69) is 32.3 Å². The summed E-state index contributed by atoms with van der Waals surface area (Å²) >= 11 is 0. The van der Waals surface area contributed by atoms with Crippen LogP contribution in [0.1, 0.15) is 56.5 Å². The SMILES string of the molecule is CCC[C@@H](c1nnnn1C[C@@H]1CCCO1)N(CCCO)Cc1cc2cc3c(cc2[nH]c1=O)OCCO3. The number of nitrogens with zero attached hydrogens (tertiary/aromatic N) is 5. The number of rotatable bonds is 11. The lowest BCUT2D eigenvalue weighted by atomic mass is 10.1. The maximum absolute atomic E-state index is 13.1. The highest BCUT2D eigenvalue weighted by Gasteiger charge is 2.28. The van der Waals surface area contributed by atoms with E-state index in [0.717, 1.165) is 43.5 Å². The number of nitrogens with one attached hydrogen (secondary N) is 1. The first-order valence-corrected chi connectivity index (χ1v) is 12.8. The molecule has 2 aliphatic heterocycles. The normalized spacial score (nSPS) is 18.2. The first-order chi connectivity index (χ1) is 17.7. The molecule has 4 heterocycles. The van der Waals surface area contributed by atoms with Gasteiger partial charge in [-0.3, -0.25) is 9.69 Å². The third kappa shape index (κ3) is 5.37. The minimum absolute atomic E-state index is 0.0632. The van der Waals surface area contributed by atoms with E-state index in [1.807, 2.05) is 22.9 Å². The number of aliphatic hydroxyl groups is 1. The van der Waals surface area contributed by atoms with E-state index in [4.69, 9.17) is 14.2 Å². The second kappa shape index (κ2) is 11.4. The molecule has 0 saturated carbocycles. The van der Waals surface area contributed by atoms with E-state index < -0.39 is 0 Å². The van der Waals surface area contributed by atoms with Crippen LogP contribution in [0.3, 0.4) is 0 Å². The summed E-state index contributed by atoms with van der Waals surface area (Å²) in [4.78, 5) is 18.3. The van der Waals surface area contributed by atoms with Gasteiger partial charge >= 0.3 is 0 Å². The summed E-state index contributed by atoms with van der Waals surface area (Å²) in [6.07, 6.45) is 4.48. The zero-order valence-electron chi connectivity index (χ0n) is 20.7. The highest BCUT2D eigenvalue weighted by molar-refractivity contribution is 5.83. The van der Waals surface area contributed by atoms with Gasteiger partial charge in [0.05, 0.1) is 24.2 Å². The molecular formula is C25H34N6O5. The Morgan fingerprint density at radius 1 is 1.22 bits per heavy atom. The van der Waals surface area contributed by atoms with Crippen LogP contribution < -0.4 is 15.0 Å². The van der Waals surface area contributed by atoms with Crippen molar-refractivity contribution in [1.29, 1.82) is 0 Å². The zero-order valence-corrected chi connectivity index (χ0v) is 20.7. The highest BCUT2D eigenvalue weighted by atomic mass is 16.6. The molecule has 0 aliphatic carbocycles. The Morgan fingerprint density at radius 2 is 2.06 bits per heavy atom. The molecule has 0 unspecified atom stereocenters. The monoisotopic (exact) mass is 498 g/mol. The van der Waals surface area contributed by atoms with Gasteiger partial charge in [0, 0.05) is 43.3 Å². The number of tetrazole rings is 1. The fourth-order valence-corrected chi connectivity index (χ4v) is 5.05. The lowest BCUT2D eigenvalue weighted by Crippen LogP contribution is -2.34. The molecule has 194 valence electrons. The number of hydrogen-bond acceptors (Lipinski definition) is 9. The van der Waals surface area contributed by atoms with Crippen molar-refractivity contribution in [3.63, 3.8) is 0 Å². The quantitative estimate of drug-likeness (QED) is 0.409. The summed E-state index contributed by atoms with van der Waals surface area (Å²) in [5.41, 5.74) is 1.19. The van der Waals surface area contributed by atoms with Crippen molar-refractivity contribution >= 4 is 10.9 Å². The average molecular weight is 499 g/mol. The van der Waals surface area contributed by atoms with E-state index in [1.54, 1.807) is 0 Å². The van der Waals surface area contributed by atoms with Crippen molar-refractivity contribution in [2.45, 2.75) is 64.3 Å². The third-order valence-electron chi connectivity index (χ3n) is 6.82. The number of pyridine rings is 1. The van der Waals surface area contributed by atoms with Gasteiger partial charge in [-0.05, 0) is 48.2 Å². The minimum Gasteiger partial charge on any atom is -0.486 e. The van der Waals surface area contributed by atoms with Crippen LogP contribution in [0.4, 0.5) is 0 Å². The molecule has 1 aromatic carbocycles. The number of aromatic amines is 1. The molecule has 2 N–H and O–H groups in total. The molecule has 2 aliphatic rings. The predicted octanol–water partition coefficient (Wildman–Crippen LogP) is 2.19. The van der Waals surface area contributed by atoms with Crippen LogP contribution in [0.15, 0.2) is 23.0 Å². The van der Waals surface area contributed by atoms with E-state index >= 15 is 0 Å². The number of benzene rings is 1. The number of H-pyrrole nitrogens is 1. The van der Waals surface area contributed by atoms with Crippen LogP contribution in [0.25, 0.3) is 10.9 Å². The molecule has 0 spiro atoms. The van der Waals surface area contributed by atoms with Crippen molar-refractivity contribution in [1.82, 2.24) is 30.1 Å². The van der Waals surface area contributed by atoms with Crippen molar-refractivity contribution in [2.75, 3.05) is 33.0 Å². The summed E-state index contributed by atoms with van der Waals surface area (Å²) in [5, 5.41) is 23.1. The van der Waals surface area contributed by atoms with Gasteiger partial charge in [0.1, 0.15) is 13.2 Å². The molecule has 5 rings (SSSR count). The summed E-state index contributed by atoms with van der Waals surface area (Å²) in [6.45, 7) is 5.57. The maximum atomic E-state index is 13.1. The molecule has 0 radical (unpaired) electrons. The van der Waals surface area contributed by atoms with Crippen molar-refractivity contribution in [3.05, 3.63) is 39.9 Å². The fourth-order valence-electron chi connectivity index (χ4n) is 5.05. The number of aliphatic hydroxyl groups excluding tert-OH is 1. The number of hydrogen-bond donors (Lipinski definition) is 2. The maximum Gasteiger partial charge on any atom is 0.252 e. The Balaban J connectivity index is 1.45. The Kier molecular flexibility index (Phi) is 7.78. The van der Waals surface area contributed by atoms with Gasteiger partial charge < -0.3 is 24.3 Å². The number of fused-ring (bicyclic) bond motifs is 2. The highest BCUT2D eigenvalue weighted by Crippen LogP contribution is 2.34. The molecule has 0 bridgehead atoms. The van der Waals surface area contributed by atoms with Gasteiger partial charge in [-0.1, -0.05) is 13.3 Å². The van der Waals surface area contributed by atoms with Crippen LogP contribution >= 0.6 is 0 Å². The molecule has 1 fully saturated rings. The van der Waals surface area contributed by atoms with Crippen molar-refractivity contribution in [2.24, 2.45) is 0 Å². The van der Waals surface area contributed by atoms with Gasteiger partial charge in [-0.25, -0.2) is 4.68 Å². The number of aromatic nitrogens is 5. The summed E-state index contributed by atoms with van der Waals surface area (Å²) < 4.78 is 19.0. The van der Waals surface area contributed by atoms with Crippen LogP contribution in [-0.2, 0) is 17.8 Å². The van der Waals surface area contributed by atoms with E-state index in [9.17, 15) is 9.90 Å². The standard InChI is InChI=1S/C25H34N6O5/c1-2-5-21(24-27-28-29-31(24)16-19-6-3-9-34-19)30(7-4-8-32)15-18-12-17-13-22-23(36-11-10-35-22)14-20(17)26-25(18)33/h12-14,19,21,32H,2-11,15-16H2,1H3,(H,26,33)/t19-,21-/m0/s1. The average Bonchev–Trinajstić information content (AvgIpc) is 3.57. The molecular weight excluding hydrogens is 464 g/mol. The Bertz CT molecular complexity index is 1220. The fraction of sp³-hybridized carbons (Fsp3) is 0.600. The number of ether oxygens (including phenoxy) is 3. The topological polar surface area (TPSA) is 128 Å². The molecule has 11 heteroatoms. The lowest BCUT2D eigenvalue weighted by Gasteiger charge is -2.31. The van der Waals surface area contributed by atoms with Crippen LogP contribution in [0, 0.1) is 0 Å². The molecule has 2 atom stereocenters. The molecule has 11 nitrogen and oxygen atoms in total. The lowest BCUT2D eigenvalue weighted by molar-refractivity contribution is 0.0885. The van der Waals surface area contributed by atoms with Crippen molar-refractivity contribution < 1.29 is 19.3 Å². The second-order valence-electron chi connectivity index (χ2n) is 9.41. The summed E-state index contributed by atoms with van der Waals surface area (Å²) in [5.74, 6) is 2.09. The molecule has 1 saturated heterocycles. The first-order valence-electron chi connectivity index (χ1n) is 12.8. The van der Waals surface area contributed by atoms with Gasteiger partial charge in [0.15, 0.2) is 17.3 Å².